The van der Waals surface area contributed by atoms with Crippen molar-refractivity contribution in [1.29, 1.82) is 0 Å². The Morgan fingerprint density at radius 2 is 1.47 bits per heavy atom. The molecule has 0 saturated carbocycles. The van der Waals surface area contributed by atoms with Crippen molar-refractivity contribution < 1.29 is 14.2 Å². The van der Waals surface area contributed by atoms with Crippen LogP contribution in [0.3, 0.4) is 0 Å². The molecule has 1 aliphatic rings. The molecule has 6 nitrogen and oxygen atoms in total. The number of ether oxygens (including phenoxy) is 3. The Balaban J connectivity index is 1.31. The van der Waals surface area contributed by atoms with Gasteiger partial charge in [-0.3, -0.25) is 0 Å². The van der Waals surface area contributed by atoms with E-state index in [2.05, 4.69) is 34.6 Å². The summed E-state index contributed by atoms with van der Waals surface area (Å²) >= 11 is 0. The van der Waals surface area contributed by atoms with E-state index in [1.165, 1.54) is 0 Å². The molecule has 0 bridgehead atoms. The molecular weight excluding hydrogens is 402 g/mol. The lowest BCUT2D eigenvalue weighted by Crippen LogP contribution is -2.39. The van der Waals surface area contributed by atoms with E-state index in [4.69, 9.17) is 14.2 Å². The molecule has 0 aliphatic carbocycles. The van der Waals surface area contributed by atoms with Crippen molar-refractivity contribution in [2.24, 2.45) is 0 Å². The van der Waals surface area contributed by atoms with E-state index >= 15 is 0 Å². The molecule has 1 aliphatic heterocycles. The van der Waals surface area contributed by atoms with E-state index in [9.17, 15) is 0 Å². The number of para-hydroxylation sites is 1. The SMILES string of the molecule is C1=C[C@@H](n2nnc3ccccc32)O[C@H](COCc2ccccc2)[C@H]1OCc1ccccc1. The van der Waals surface area contributed by atoms with Gasteiger partial charge in [0.1, 0.15) is 17.7 Å². The van der Waals surface area contributed by atoms with E-state index in [1.54, 1.807) is 4.68 Å². The molecule has 4 aromatic rings. The predicted molar refractivity (Wildman–Crippen MR) is 122 cm³/mol. The van der Waals surface area contributed by atoms with Crippen LogP contribution in [0, 0.1) is 0 Å². The third kappa shape index (κ3) is 4.78. The first kappa shape index (κ1) is 20.6. The molecule has 32 heavy (non-hydrogen) atoms. The molecule has 2 heterocycles. The minimum Gasteiger partial charge on any atom is -0.374 e. The van der Waals surface area contributed by atoms with Crippen molar-refractivity contribution in [2.75, 3.05) is 6.61 Å². The molecule has 0 saturated heterocycles. The van der Waals surface area contributed by atoms with Crippen LogP contribution in [0.15, 0.2) is 97.1 Å². The summed E-state index contributed by atoms with van der Waals surface area (Å²) in [4.78, 5) is 0. The van der Waals surface area contributed by atoms with Crippen LogP contribution in [0.5, 0.6) is 0 Å². The van der Waals surface area contributed by atoms with Crippen LogP contribution < -0.4 is 0 Å². The van der Waals surface area contributed by atoms with Gasteiger partial charge in [-0.1, -0.05) is 84.1 Å². The van der Waals surface area contributed by atoms with E-state index in [-0.39, 0.29) is 18.4 Å². The maximum Gasteiger partial charge on any atom is 0.172 e. The minimum absolute atomic E-state index is 0.225. The number of nitrogens with zero attached hydrogens (tertiary/aromatic N) is 3. The Morgan fingerprint density at radius 3 is 2.25 bits per heavy atom. The normalized spacial score (nSPS) is 20.6. The molecule has 162 valence electrons. The topological polar surface area (TPSA) is 58.4 Å². The average molecular weight is 428 g/mol. The van der Waals surface area contributed by atoms with Crippen LogP contribution in [0.1, 0.15) is 17.4 Å². The lowest BCUT2D eigenvalue weighted by Gasteiger charge is -2.32. The third-order valence-electron chi connectivity index (χ3n) is 5.44. The summed E-state index contributed by atoms with van der Waals surface area (Å²) in [6, 6.07) is 28.1. The summed E-state index contributed by atoms with van der Waals surface area (Å²) in [6.07, 6.45) is 3.15. The van der Waals surface area contributed by atoms with Crippen molar-refractivity contribution in [2.45, 2.75) is 31.6 Å². The second-order valence-electron chi connectivity index (χ2n) is 7.73. The second kappa shape index (κ2) is 9.87. The first-order valence-electron chi connectivity index (χ1n) is 10.8. The van der Waals surface area contributed by atoms with Gasteiger partial charge in [0, 0.05) is 0 Å². The molecule has 0 fully saturated rings. The van der Waals surface area contributed by atoms with Crippen molar-refractivity contribution in [3.8, 4) is 0 Å². The number of hydrogen-bond acceptors (Lipinski definition) is 5. The van der Waals surface area contributed by atoms with E-state index in [1.807, 2.05) is 72.8 Å². The fraction of sp³-hybridized carbons (Fsp3) is 0.231. The number of fused-ring (bicyclic) bond motifs is 1. The molecule has 0 spiro atoms. The van der Waals surface area contributed by atoms with Gasteiger partial charge in [-0.2, -0.15) is 0 Å². The summed E-state index contributed by atoms with van der Waals surface area (Å²) in [5.41, 5.74) is 4.01. The predicted octanol–water partition coefficient (Wildman–Crippen LogP) is 4.69. The Labute approximate surface area is 187 Å². The van der Waals surface area contributed by atoms with Gasteiger partial charge in [-0.25, -0.2) is 4.68 Å². The molecule has 5 rings (SSSR count). The van der Waals surface area contributed by atoms with Crippen LogP contribution in [-0.4, -0.2) is 33.8 Å². The quantitative estimate of drug-likeness (QED) is 0.382. The average Bonchev–Trinajstić information content (AvgIpc) is 3.29. The summed E-state index contributed by atoms with van der Waals surface area (Å²) < 4.78 is 20.4. The van der Waals surface area contributed by atoms with Gasteiger partial charge in [0.25, 0.3) is 0 Å². The lowest BCUT2D eigenvalue weighted by molar-refractivity contribution is -0.138. The van der Waals surface area contributed by atoms with E-state index in [0.717, 1.165) is 22.2 Å². The largest absolute Gasteiger partial charge is 0.374 e. The zero-order valence-corrected chi connectivity index (χ0v) is 17.7. The first-order chi connectivity index (χ1) is 15.9. The van der Waals surface area contributed by atoms with Crippen molar-refractivity contribution in [3.63, 3.8) is 0 Å². The molecule has 0 unspecified atom stereocenters. The van der Waals surface area contributed by atoms with Gasteiger partial charge in [0.2, 0.25) is 0 Å². The Kier molecular flexibility index (Phi) is 6.35. The highest BCUT2D eigenvalue weighted by Crippen LogP contribution is 2.26. The Hall–Kier alpha value is -3.32. The van der Waals surface area contributed by atoms with Crippen molar-refractivity contribution >= 4 is 11.0 Å². The summed E-state index contributed by atoms with van der Waals surface area (Å²) in [5.74, 6) is 0. The zero-order chi connectivity index (χ0) is 21.6. The molecular formula is C26H25N3O3. The molecule has 0 radical (unpaired) electrons. The van der Waals surface area contributed by atoms with Crippen molar-refractivity contribution in [1.82, 2.24) is 15.0 Å². The van der Waals surface area contributed by atoms with Crippen LogP contribution >= 0.6 is 0 Å². The molecule has 6 heteroatoms. The first-order valence-corrected chi connectivity index (χ1v) is 10.8. The number of rotatable bonds is 8. The maximum absolute atomic E-state index is 6.40. The van der Waals surface area contributed by atoms with Gasteiger partial charge in [-0.05, 0) is 29.3 Å². The van der Waals surface area contributed by atoms with Gasteiger partial charge < -0.3 is 14.2 Å². The number of benzene rings is 3. The Morgan fingerprint density at radius 1 is 0.781 bits per heavy atom. The van der Waals surface area contributed by atoms with E-state index in [0.29, 0.717) is 19.8 Å². The highest BCUT2D eigenvalue weighted by molar-refractivity contribution is 5.74. The molecule has 3 atom stereocenters. The molecule has 3 aromatic carbocycles. The number of aromatic nitrogens is 3. The van der Waals surface area contributed by atoms with Crippen molar-refractivity contribution in [3.05, 3.63) is 108 Å². The zero-order valence-electron chi connectivity index (χ0n) is 17.7. The van der Waals surface area contributed by atoms with Gasteiger partial charge in [0.15, 0.2) is 6.23 Å². The minimum atomic E-state index is -0.371. The fourth-order valence-electron chi connectivity index (χ4n) is 3.78. The highest BCUT2D eigenvalue weighted by Gasteiger charge is 2.30. The van der Waals surface area contributed by atoms with Crippen LogP contribution in [0.25, 0.3) is 11.0 Å². The standard InChI is InChI=1S/C26H25N3O3/c1-3-9-20(10-4-1)17-30-19-25-24(31-18-21-11-5-2-6-12-21)15-16-26(32-25)29-23-14-8-7-13-22(23)27-28-29/h1-16,24-26H,17-19H2/t24-,25+,26-/m0/s1. The van der Waals surface area contributed by atoms with Crippen LogP contribution in [-0.2, 0) is 27.4 Å². The monoisotopic (exact) mass is 427 g/mol. The maximum atomic E-state index is 6.40. The fourth-order valence-corrected chi connectivity index (χ4v) is 3.78. The number of hydrogen-bond donors (Lipinski definition) is 0. The third-order valence-corrected chi connectivity index (χ3v) is 5.44. The van der Waals surface area contributed by atoms with Gasteiger partial charge in [-0.15, -0.1) is 5.10 Å². The molecule has 0 N–H and O–H groups in total. The summed E-state index contributed by atoms with van der Waals surface area (Å²) in [5, 5.41) is 8.56. The summed E-state index contributed by atoms with van der Waals surface area (Å²) in [7, 11) is 0. The molecule has 1 aromatic heterocycles. The van der Waals surface area contributed by atoms with Crippen LogP contribution in [0.2, 0.25) is 0 Å². The van der Waals surface area contributed by atoms with Gasteiger partial charge >= 0.3 is 0 Å². The Bertz CT molecular complexity index is 1160. The summed E-state index contributed by atoms with van der Waals surface area (Å²) in [6.45, 7) is 1.43. The molecule has 0 amide bonds. The van der Waals surface area contributed by atoms with E-state index < -0.39 is 0 Å². The smallest absolute Gasteiger partial charge is 0.172 e. The highest BCUT2D eigenvalue weighted by atomic mass is 16.6. The second-order valence-corrected chi connectivity index (χ2v) is 7.73. The van der Waals surface area contributed by atoms with Crippen LogP contribution in [0.4, 0.5) is 0 Å². The van der Waals surface area contributed by atoms with Gasteiger partial charge in [0.05, 0.1) is 25.3 Å². The lowest BCUT2D eigenvalue weighted by atomic mass is 10.1.